The smallest absolute Gasteiger partial charge is 0.351 e. The molecule has 2 rings (SSSR count). The Morgan fingerprint density at radius 2 is 2.43 bits per heavy atom. The van der Waals surface area contributed by atoms with Crippen LogP contribution in [0.4, 0.5) is 5.82 Å². The molecule has 1 saturated heterocycles. The van der Waals surface area contributed by atoms with Crippen LogP contribution in [0, 0.1) is 0 Å². The normalized spacial score (nSPS) is 20.4. The number of anilines is 1. The van der Waals surface area contributed by atoms with Gasteiger partial charge in [0, 0.05) is 50.5 Å². The molecule has 1 fully saturated rings. The summed E-state index contributed by atoms with van der Waals surface area (Å²) in [6.07, 6.45) is 3.33. The summed E-state index contributed by atoms with van der Waals surface area (Å²) in [7, 11) is 0. The first-order valence-corrected chi connectivity index (χ1v) is 4.23. The van der Waals surface area contributed by atoms with Gasteiger partial charge in [0.05, 0.1) is 0 Å². The molecular formula is C8H11CaN3O2. The van der Waals surface area contributed by atoms with Crippen molar-refractivity contribution in [1.29, 1.82) is 0 Å². The van der Waals surface area contributed by atoms with Crippen LogP contribution < -0.4 is 11.4 Å². The van der Waals surface area contributed by atoms with Crippen LogP contribution in [0.1, 0.15) is 19.1 Å². The molecule has 6 heteroatoms. The van der Waals surface area contributed by atoms with Gasteiger partial charge in [0.25, 0.3) is 0 Å². The summed E-state index contributed by atoms with van der Waals surface area (Å²) < 4.78 is 6.82. The predicted octanol–water partition coefficient (Wildman–Crippen LogP) is -0.246. The monoisotopic (exact) mass is 221 g/mol. The van der Waals surface area contributed by atoms with Gasteiger partial charge in [-0.2, -0.15) is 4.98 Å². The zero-order chi connectivity index (χ0) is 9.26. The van der Waals surface area contributed by atoms with Crippen LogP contribution in [-0.2, 0) is 4.74 Å². The van der Waals surface area contributed by atoms with Crippen molar-refractivity contribution in [2.45, 2.75) is 19.1 Å². The third kappa shape index (κ3) is 2.48. The first kappa shape index (κ1) is 12.0. The fourth-order valence-corrected chi connectivity index (χ4v) is 1.43. The van der Waals surface area contributed by atoms with Gasteiger partial charge in [-0.05, 0) is 18.9 Å². The van der Waals surface area contributed by atoms with Crippen molar-refractivity contribution in [2.24, 2.45) is 0 Å². The van der Waals surface area contributed by atoms with E-state index in [1.54, 1.807) is 12.3 Å². The molecule has 0 spiro atoms. The van der Waals surface area contributed by atoms with Crippen molar-refractivity contribution >= 4 is 43.6 Å². The number of ether oxygens (including phenoxy) is 1. The first-order chi connectivity index (χ1) is 6.27. The standard InChI is InChI=1S/C8H11N3O2.Ca/c9-6-3-4-11(8(12)10-6)7-2-1-5-13-7;/h3-4,7H,1-2,5H2,(H2,9,10,12);/t7-;/m1./s1. The molecular weight excluding hydrogens is 210 g/mol. The van der Waals surface area contributed by atoms with Gasteiger partial charge < -0.3 is 10.5 Å². The van der Waals surface area contributed by atoms with Crippen molar-refractivity contribution < 1.29 is 4.74 Å². The Balaban J connectivity index is 0.000000980. The molecule has 0 saturated carbocycles. The molecule has 0 amide bonds. The first-order valence-electron chi connectivity index (χ1n) is 4.23. The van der Waals surface area contributed by atoms with Gasteiger partial charge in [-0.1, -0.05) is 0 Å². The number of rotatable bonds is 1. The molecule has 0 unspecified atom stereocenters. The quantitative estimate of drug-likeness (QED) is 0.664. The molecule has 1 aliphatic rings. The molecule has 1 aliphatic heterocycles. The Kier molecular flexibility index (Phi) is 4.37. The summed E-state index contributed by atoms with van der Waals surface area (Å²) in [5.41, 5.74) is 5.02. The third-order valence-electron chi connectivity index (χ3n) is 2.07. The molecule has 14 heavy (non-hydrogen) atoms. The largest absolute Gasteiger partial charge is 0.383 e. The van der Waals surface area contributed by atoms with Gasteiger partial charge in [0.2, 0.25) is 0 Å². The minimum Gasteiger partial charge on any atom is -0.383 e. The number of nitrogens with two attached hydrogens (primary N) is 1. The van der Waals surface area contributed by atoms with Crippen LogP contribution in [0.2, 0.25) is 0 Å². The fourth-order valence-electron chi connectivity index (χ4n) is 1.43. The molecule has 0 aliphatic carbocycles. The molecule has 5 nitrogen and oxygen atoms in total. The predicted molar refractivity (Wildman–Crippen MR) is 52.9 cm³/mol. The van der Waals surface area contributed by atoms with E-state index in [1.165, 1.54) is 4.57 Å². The number of hydrogen-bond donors (Lipinski definition) is 1. The van der Waals surface area contributed by atoms with Crippen LogP contribution >= 0.6 is 0 Å². The van der Waals surface area contributed by atoms with Crippen LogP contribution in [0.15, 0.2) is 17.1 Å². The SMILES string of the molecule is Nc1ccn([C@H]2CCCO2)c(=O)n1.[Ca]. The van der Waals surface area contributed by atoms with Crippen molar-refractivity contribution in [3.05, 3.63) is 22.7 Å². The van der Waals surface area contributed by atoms with E-state index in [0.29, 0.717) is 6.61 Å². The zero-order valence-corrected chi connectivity index (χ0v) is 10.1. The second kappa shape index (κ2) is 5.11. The molecule has 0 aromatic carbocycles. The zero-order valence-electron chi connectivity index (χ0n) is 7.85. The maximum Gasteiger partial charge on any atom is 0.351 e. The van der Waals surface area contributed by atoms with E-state index in [1.807, 2.05) is 0 Å². The summed E-state index contributed by atoms with van der Waals surface area (Å²) in [5, 5.41) is 0. The molecule has 1 atom stereocenters. The number of hydrogen-bond acceptors (Lipinski definition) is 4. The summed E-state index contributed by atoms with van der Waals surface area (Å²) in [5.74, 6) is 0.249. The van der Waals surface area contributed by atoms with E-state index < -0.39 is 0 Å². The van der Waals surface area contributed by atoms with E-state index in [2.05, 4.69) is 4.98 Å². The van der Waals surface area contributed by atoms with Gasteiger partial charge in [-0.15, -0.1) is 0 Å². The maximum absolute atomic E-state index is 11.3. The summed E-state index contributed by atoms with van der Waals surface area (Å²) >= 11 is 0. The molecule has 1 aromatic rings. The molecule has 2 N–H and O–H groups in total. The summed E-state index contributed by atoms with van der Waals surface area (Å²) in [6, 6.07) is 1.60. The molecule has 0 bridgehead atoms. The Morgan fingerprint density at radius 3 is 3.00 bits per heavy atom. The van der Waals surface area contributed by atoms with Crippen LogP contribution in [0.5, 0.6) is 0 Å². The Hall–Kier alpha value is -0.100. The van der Waals surface area contributed by atoms with E-state index in [9.17, 15) is 4.79 Å². The van der Waals surface area contributed by atoms with Gasteiger partial charge in [0.1, 0.15) is 12.0 Å². The van der Waals surface area contributed by atoms with E-state index in [4.69, 9.17) is 10.5 Å². The van der Waals surface area contributed by atoms with E-state index >= 15 is 0 Å². The number of nitrogens with zero attached hydrogens (tertiary/aromatic N) is 2. The van der Waals surface area contributed by atoms with Gasteiger partial charge in [0.15, 0.2) is 0 Å². The molecule has 2 heterocycles. The molecule has 1 aromatic heterocycles. The summed E-state index contributed by atoms with van der Waals surface area (Å²) in [6.45, 7) is 0.710. The van der Waals surface area contributed by atoms with Crippen molar-refractivity contribution in [2.75, 3.05) is 12.3 Å². The maximum atomic E-state index is 11.3. The van der Waals surface area contributed by atoms with Gasteiger partial charge >= 0.3 is 5.69 Å². The number of nitrogen functional groups attached to an aromatic ring is 1. The second-order valence-electron chi connectivity index (χ2n) is 3.01. The summed E-state index contributed by atoms with van der Waals surface area (Å²) in [4.78, 5) is 14.9. The van der Waals surface area contributed by atoms with Crippen molar-refractivity contribution in [1.82, 2.24) is 9.55 Å². The molecule has 72 valence electrons. The van der Waals surface area contributed by atoms with Crippen molar-refractivity contribution in [3.8, 4) is 0 Å². The Morgan fingerprint density at radius 1 is 1.64 bits per heavy atom. The Labute approximate surface area is 111 Å². The minimum absolute atomic E-state index is 0. The minimum atomic E-state index is -0.341. The van der Waals surface area contributed by atoms with Gasteiger partial charge in [-0.3, -0.25) is 4.57 Å². The second-order valence-corrected chi connectivity index (χ2v) is 3.01. The van der Waals surface area contributed by atoms with Crippen LogP contribution in [-0.4, -0.2) is 53.9 Å². The average molecular weight is 221 g/mol. The molecule has 2 radical (unpaired) electrons. The van der Waals surface area contributed by atoms with Gasteiger partial charge in [-0.25, -0.2) is 4.79 Å². The topological polar surface area (TPSA) is 70.1 Å². The van der Waals surface area contributed by atoms with Crippen molar-refractivity contribution in [3.63, 3.8) is 0 Å². The number of aromatic nitrogens is 2. The average Bonchev–Trinajstić information content (AvgIpc) is 2.56. The van der Waals surface area contributed by atoms with E-state index in [0.717, 1.165) is 12.8 Å². The fraction of sp³-hybridized carbons (Fsp3) is 0.500. The Bertz CT molecular complexity index is 360. The van der Waals surface area contributed by atoms with E-state index in [-0.39, 0.29) is 55.5 Å². The van der Waals surface area contributed by atoms with Crippen LogP contribution in [0.3, 0.4) is 0 Å². The van der Waals surface area contributed by atoms with Crippen LogP contribution in [0.25, 0.3) is 0 Å². The third-order valence-corrected chi connectivity index (χ3v) is 2.07.